The highest BCUT2D eigenvalue weighted by atomic mass is 19.4. The van der Waals surface area contributed by atoms with E-state index in [0.717, 1.165) is 41.2 Å². The van der Waals surface area contributed by atoms with Gasteiger partial charge in [-0.15, -0.1) is 0 Å². The van der Waals surface area contributed by atoms with E-state index in [0.29, 0.717) is 13.2 Å². The van der Waals surface area contributed by atoms with Crippen molar-refractivity contribution in [2.24, 2.45) is 0 Å². The topological polar surface area (TPSA) is 30.3 Å². The normalized spacial score (nSPS) is 11.6. The molecule has 3 rings (SSSR count). The quantitative estimate of drug-likeness (QED) is 0.579. The fourth-order valence-corrected chi connectivity index (χ4v) is 2.90. The second-order valence-electron chi connectivity index (χ2n) is 6.57. The Morgan fingerprint density at radius 3 is 2.18 bits per heavy atom. The second kappa shape index (κ2) is 8.48. The number of rotatable bonds is 7. The highest BCUT2D eigenvalue weighted by Crippen LogP contribution is 2.31. The summed E-state index contributed by atoms with van der Waals surface area (Å²) in [5, 5.41) is 0. The molecule has 0 aliphatic heterocycles. The molecule has 0 bridgehead atoms. The van der Waals surface area contributed by atoms with E-state index in [1.807, 2.05) is 42.1 Å². The predicted octanol–water partition coefficient (Wildman–Crippen LogP) is 4.85. The lowest BCUT2D eigenvalue weighted by atomic mass is 10.0. The summed E-state index contributed by atoms with van der Waals surface area (Å²) in [6.45, 7) is 2.05. The highest BCUT2D eigenvalue weighted by Gasteiger charge is 2.29. The summed E-state index contributed by atoms with van der Waals surface area (Å²) < 4.78 is 45.1. The molecule has 0 N–H and O–H groups in total. The minimum Gasteiger partial charge on any atom is -0.383 e. The Hall–Kier alpha value is -2.80. The van der Waals surface area contributed by atoms with Crippen molar-refractivity contribution in [1.29, 1.82) is 0 Å². The number of nitrogens with zero attached hydrogens (tertiary/aromatic N) is 3. The Labute approximate surface area is 162 Å². The van der Waals surface area contributed by atoms with Gasteiger partial charge in [-0.2, -0.15) is 13.2 Å². The molecule has 1 heterocycles. The summed E-state index contributed by atoms with van der Waals surface area (Å²) in [7, 11) is 3.64. The van der Waals surface area contributed by atoms with Crippen molar-refractivity contribution in [1.82, 2.24) is 9.55 Å². The van der Waals surface area contributed by atoms with Gasteiger partial charge >= 0.3 is 6.18 Å². The van der Waals surface area contributed by atoms with Crippen molar-refractivity contribution in [2.75, 3.05) is 25.7 Å². The zero-order valence-electron chi connectivity index (χ0n) is 15.8. The standard InChI is InChI=1S/C21H22F3N3O/c1-26(13-19-14-27(15-25-19)11-12-28-2)20-9-5-17(6-10-20)16-3-7-18(8-4-16)21(22,23)24/h3-10,14-15H,11-13H2,1-2H3. The molecule has 148 valence electrons. The summed E-state index contributed by atoms with van der Waals surface area (Å²) in [5.74, 6) is 0. The summed E-state index contributed by atoms with van der Waals surface area (Å²) in [6, 6.07) is 12.9. The Kier molecular flexibility index (Phi) is 6.04. The van der Waals surface area contributed by atoms with Crippen LogP contribution in [0, 0.1) is 0 Å². The number of hydrogen-bond acceptors (Lipinski definition) is 3. The van der Waals surface area contributed by atoms with Gasteiger partial charge in [-0.1, -0.05) is 24.3 Å². The molecule has 3 aromatic rings. The molecule has 0 atom stereocenters. The minimum atomic E-state index is -4.32. The molecule has 0 fully saturated rings. The Morgan fingerprint density at radius 2 is 1.61 bits per heavy atom. The van der Waals surface area contributed by atoms with Crippen molar-refractivity contribution in [3.05, 3.63) is 72.3 Å². The molecule has 4 nitrogen and oxygen atoms in total. The van der Waals surface area contributed by atoms with E-state index < -0.39 is 11.7 Å². The van der Waals surface area contributed by atoms with E-state index in [1.165, 1.54) is 12.1 Å². The van der Waals surface area contributed by atoms with Crippen LogP contribution in [-0.2, 0) is 24.0 Å². The van der Waals surface area contributed by atoms with Crippen LogP contribution < -0.4 is 4.90 Å². The maximum atomic E-state index is 12.7. The molecule has 0 aliphatic rings. The first kappa shape index (κ1) is 19.9. The lowest BCUT2D eigenvalue weighted by Crippen LogP contribution is -2.16. The fraction of sp³-hybridized carbons (Fsp3) is 0.286. The molecule has 28 heavy (non-hydrogen) atoms. The minimum absolute atomic E-state index is 0.636. The van der Waals surface area contributed by atoms with E-state index in [-0.39, 0.29) is 0 Å². The monoisotopic (exact) mass is 389 g/mol. The number of ether oxygens (including phenoxy) is 1. The molecule has 0 amide bonds. The van der Waals surface area contributed by atoms with Crippen LogP contribution in [0.5, 0.6) is 0 Å². The summed E-state index contributed by atoms with van der Waals surface area (Å²) >= 11 is 0. The molecular weight excluding hydrogens is 367 g/mol. The van der Waals surface area contributed by atoms with Crippen LogP contribution in [0.15, 0.2) is 61.1 Å². The maximum Gasteiger partial charge on any atom is 0.416 e. The van der Waals surface area contributed by atoms with Gasteiger partial charge in [0.1, 0.15) is 0 Å². The van der Waals surface area contributed by atoms with Crippen molar-refractivity contribution < 1.29 is 17.9 Å². The Bertz CT molecular complexity index is 887. The van der Waals surface area contributed by atoms with Gasteiger partial charge < -0.3 is 14.2 Å². The molecule has 0 saturated carbocycles. The summed E-state index contributed by atoms with van der Waals surface area (Å²) in [5.41, 5.74) is 2.93. The van der Waals surface area contributed by atoms with Gasteiger partial charge in [-0.05, 0) is 35.4 Å². The van der Waals surface area contributed by atoms with Crippen LogP contribution >= 0.6 is 0 Å². The number of methoxy groups -OCH3 is 1. The van der Waals surface area contributed by atoms with Crippen LogP contribution in [0.3, 0.4) is 0 Å². The van der Waals surface area contributed by atoms with Crippen LogP contribution in [-0.4, -0.2) is 30.3 Å². The number of anilines is 1. The third-order valence-corrected chi connectivity index (χ3v) is 4.49. The molecule has 0 unspecified atom stereocenters. The average Bonchev–Trinajstić information content (AvgIpc) is 3.13. The zero-order valence-corrected chi connectivity index (χ0v) is 15.8. The summed E-state index contributed by atoms with van der Waals surface area (Å²) in [4.78, 5) is 6.47. The highest BCUT2D eigenvalue weighted by molar-refractivity contribution is 5.66. The number of aromatic nitrogens is 2. The van der Waals surface area contributed by atoms with Crippen LogP contribution in [0.4, 0.5) is 18.9 Å². The molecule has 0 saturated heterocycles. The number of hydrogen-bond donors (Lipinski definition) is 0. The number of benzene rings is 2. The molecule has 2 aromatic carbocycles. The van der Waals surface area contributed by atoms with Crippen molar-refractivity contribution in [2.45, 2.75) is 19.3 Å². The van der Waals surface area contributed by atoms with Crippen LogP contribution in [0.2, 0.25) is 0 Å². The van der Waals surface area contributed by atoms with Gasteiger partial charge in [0.25, 0.3) is 0 Å². The lowest BCUT2D eigenvalue weighted by molar-refractivity contribution is -0.137. The molecule has 0 radical (unpaired) electrons. The first-order valence-corrected chi connectivity index (χ1v) is 8.85. The molecular formula is C21H22F3N3O. The van der Waals surface area contributed by atoms with Gasteiger partial charge in [-0.25, -0.2) is 4.98 Å². The summed E-state index contributed by atoms with van der Waals surface area (Å²) in [6.07, 6.45) is -0.538. The van der Waals surface area contributed by atoms with E-state index in [4.69, 9.17) is 4.74 Å². The average molecular weight is 389 g/mol. The Balaban J connectivity index is 1.65. The molecule has 7 heteroatoms. The molecule has 1 aromatic heterocycles. The lowest BCUT2D eigenvalue weighted by Gasteiger charge is -2.18. The van der Waals surface area contributed by atoms with Crippen molar-refractivity contribution >= 4 is 5.69 Å². The largest absolute Gasteiger partial charge is 0.416 e. The van der Waals surface area contributed by atoms with Gasteiger partial charge in [-0.3, -0.25) is 0 Å². The third-order valence-electron chi connectivity index (χ3n) is 4.49. The van der Waals surface area contributed by atoms with Gasteiger partial charge in [0.05, 0.1) is 30.7 Å². The van der Waals surface area contributed by atoms with Gasteiger partial charge in [0, 0.05) is 32.6 Å². The van der Waals surface area contributed by atoms with Gasteiger partial charge in [0.2, 0.25) is 0 Å². The van der Waals surface area contributed by atoms with E-state index in [1.54, 1.807) is 13.4 Å². The van der Waals surface area contributed by atoms with E-state index in [9.17, 15) is 13.2 Å². The molecule has 0 aliphatic carbocycles. The van der Waals surface area contributed by atoms with Gasteiger partial charge in [0.15, 0.2) is 0 Å². The fourth-order valence-electron chi connectivity index (χ4n) is 2.90. The zero-order chi connectivity index (χ0) is 20.1. The van der Waals surface area contributed by atoms with Crippen molar-refractivity contribution in [3.8, 4) is 11.1 Å². The van der Waals surface area contributed by atoms with Crippen LogP contribution in [0.1, 0.15) is 11.3 Å². The van der Waals surface area contributed by atoms with Crippen LogP contribution in [0.25, 0.3) is 11.1 Å². The molecule has 0 spiro atoms. The smallest absolute Gasteiger partial charge is 0.383 e. The number of alkyl halides is 3. The number of imidazole rings is 1. The predicted molar refractivity (Wildman–Crippen MR) is 103 cm³/mol. The van der Waals surface area contributed by atoms with Crippen molar-refractivity contribution in [3.63, 3.8) is 0 Å². The first-order chi connectivity index (χ1) is 13.4. The first-order valence-electron chi connectivity index (χ1n) is 8.85. The SMILES string of the molecule is COCCn1cnc(CN(C)c2ccc(-c3ccc(C(F)(F)F)cc3)cc2)c1. The maximum absolute atomic E-state index is 12.7. The number of halogens is 3. The third kappa shape index (κ3) is 4.92. The Morgan fingerprint density at radius 1 is 1.00 bits per heavy atom. The van der Waals surface area contributed by atoms with E-state index in [2.05, 4.69) is 9.88 Å². The second-order valence-corrected chi connectivity index (χ2v) is 6.57. The van der Waals surface area contributed by atoms with E-state index >= 15 is 0 Å².